The zero-order chi connectivity index (χ0) is 21.5. The van der Waals surface area contributed by atoms with Crippen LogP contribution in [0.3, 0.4) is 0 Å². The maximum absolute atomic E-state index is 12.0. The molecule has 2 heterocycles. The van der Waals surface area contributed by atoms with E-state index >= 15 is 0 Å². The van der Waals surface area contributed by atoms with Crippen molar-refractivity contribution in [3.8, 4) is 6.01 Å². The number of rotatable bonds is 7. The minimum absolute atomic E-state index is 0.189. The molecule has 1 fully saturated rings. The summed E-state index contributed by atoms with van der Waals surface area (Å²) in [6.07, 6.45) is 0. The molecule has 1 aromatic carbocycles. The van der Waals surface area contributed by atoms with Gasteiger partial charge >= 0.3 is 12.0 Å². The molecule has 2 aromatic rings. The number of urea groups is 1. The van der Waals surface area contributed by atoms with Crippen LogP contribution in [0.15, 0.2) is 18.2 Å². The molecule has 0 spiro atoms. The summed E-state index contributed by atoms with van der Waals surface area (Å²) < 4.78 is 11.0. The van der Waals surface area contributed by atoms with E-state index in [0.29, 0.717) is 53.9 Å². The van der Waals surface area contributed by atoms with Crippen molar-refractivity contribution >= 4 is 46.8 Å². The molecule has 162 valence electrons. The van der Waals surface area contributed by atoms with E-state index in [2.05, 4.69) is 25.6 Å². The van der Waals surface area contributed by atoms with Crippen molar-refractivity contribution in [2.75, 3.05) is 68.7 Å². The van der Waals surface area contributed by atoms with Crippen LogP contribution in [0.5, 0.6) is 6.01 Å². The largest absolute Gasteiger partial charge is 0.461 e. The van der Waals surface area contributed by atoms with Crippen molar-refractivity contribution in [1.82, 2.24) is 20.3 Å². The van der Waals surface area contributed by atoms with Crippen molar-refractivity contribution in [1.29, 1.82) is 0 Å². The maximum Gasteiger partial charge on any atom is 0.323 e. The van der Waals surface area contributed by atoms with Crippen molar-refractivity contribution in [2.45, 2.75) is 0 Å². The number of benzene rings is 1. The van der Waals surface area contributed by atoms with E-state index in [9.17, 15) is 4.79 Å². The first-order chi connectivity index (χ1) is 14.4. The van der Waals surface area contributed by atoms with Crippen LogP contribution in [0.25, 0.3) is 0 Å². The van der Waals surface area contributed by atoms with Crippen LogP contribution < -0.4 is 25.2 Å². The summed E-state index contributed by atoms with van der Waals surface area (Å²) in [5.74, 6) is 1.03. The first kappa shape index (κ1) is 22.1. The van der Waals surface area contributed by atoms with E-state index < -0.39 is 6.03 Å². The summed E-state index contributed by atoms with van der Waals surface area (Å²) in [7, 11) is 3.69. The van der Waals surface area contributed by atoms with E-state index in [1.807, 2.05) is 19.0 Å². The molecule has 12 heteroatoms. The number of nitrogens with zero attached hydrogens (tertiary/aromatic N) is 5. The number of nitrogens with one attached hydrogen (secondary N) is 2. The van der Waals surface area contributed by atoms with E-state index in [1.165, 1.54) is 0 Å². The van der Waals surface area contributed by atoms with Crippen LogP contribution in [0.1, 0.15) is 0 Å². The van der Waals surface area contributed by atoms with Crippen molar-refractivity contribution in [3.63, 3.8) is 0 Å². The molecule has 1 aliphatic heterocycles. The summed E-state index contributed by atoms with van der Waals surface area (Å²) in [4.78, 5) is 29.0. The maximum atomic E-state index is 12.0. The normalized spacial score (nSPS) is 13.7. The average molecular weight is 456 g/mol. The highest BCUT2D eigenvalue weighted by Crippen LogP contribution is 2.24. The topological polar surface area (TPSA) is 105 Å². The zero-order valence-corrected chi connectivity index (χ0v) is 18.2. The zero-order valence-electron chi connectivity index (χ0n) is 16.7. The van der Waals surface area contributed by atoms with E-state index in [1.54, 1.807) is 23.1 Å². The van der Waals surface area contributed by atoms with Crippen LogP contribution >= 0.6 is 23.2 Å². The second-order valence-electron chi connectivity index (χ2n) is 6.57. The molecule has 0 bridgehead atoms. The van der Waals surface area contributed by atoms with E-state index in [4.69, 9.17) is 32.7 Å². The average Bonchev–Trinajstić information content (AvgIpc) is 2.74. The van der Waals surface area contributed by atoms with Crippen LogP contribution in [0.2, 0.25) is 10.0 Å². The molecule has 10 nitrogen and oxygen atoms in total. The molecule has 0 aliphatic carbocycles. The van der Waals surface area contributed by atoms with Crippen molar-refractivity contribution in [3.05, 3.63) is 28.2 Å². The molecule has 0 radical (unpaired) electrons. The Kier molecular flexibility index (Phi) is 7.72. The number of carbonyl (C=O) groups is 1. The number of hydrogen-bond donors (Lipinski definition) is 2. The predicted octanol–water partition coefficient (Wildman–Crippen LogP) is 2.28. The first-order valence-electron chi connectivity index (χ1n) is 9.31. The number of aromatic nitrogens is 3. The molecular weight excluding hydrogens is 433 g/mol. The fourth-order valence-corrected chi connectivity index (χ4v) is 2.86. The third-order valence-corrected chi connectivity index (χ3v) is 4.82. The lowest BCUT2D eigenvalue weighted by Gasteiger charge is -2.27. The molecule has 1 saturated heterocycles. The number of ether oxygens (including phenoxy) is 2. The van der Waals surface area contributed by atoms with Gasteiger partial charge in [0.1, 0.15) is 6.61 Å². The molecule has 0 atom stereocenters. The Morgan fingerprint density at radius 2 is 1.97 bits per heavy atom. The Hall–Kier alpha value is -2.56. The van der Waals surface area contributed by atoms with Crippen molar-refractivity contribution in [2.24, 2.45) is 0 Å². The van der Waals surface area contributed by atoms with Gasteiger partial charge in [0.25, 0.3) is 0 Å². The van der Waals surface area contributed by atoms with Gasteiger partial charge in [-0.05, 0) is 18.2 Å². The van der Waals surface area contributed by atoms with E-state index in [0.717, 1.165) is 0 Å². The van der Waals surface area contributed by atoms with Gasteiger partial charge in [0.15, 0.2) is 0 Å². The van der Waals surface area contributed by atoms with Crippen LogP contribution in [-0.2, 0) is 4.74 Å². The van der Waals surface area contributed by atoms with Gasteiger partial charge in [-0.1, -0.05) is 23.2 Å². The predicted molar refractivity (Wildman–Crippen MR) is 116 cm³/mol. The fraction of sp³-hybridized carbons (Fsp3) is 0.444. The summed E-state index contributed by atoms with van der Waals surface area (Å²) in [5, 5.41) is 6.14. The Bertz CT molecular complexity index is 879. The van der Waals surface area contributed by atoms with Crippen molar-refractivity contribution < 1.29 is 14.3 Å². The van der Waals surface area contributed by atoms with Gasteiger partial charge in [-0.15, -0.1) is 0 Å². The van der Waals surface area contributed by atoms with Crippen LogP contribution in [-0.4, -0.2) is 74.5 Å². The molecular formula is C18H23Cl2N7O3. The Morgan fingerprint density at radius 1 is 1.20 bits per heavy atom. The van der Waals surface area contributed by atoms with Gasteiger partial charge in [-0.3, -0.25) is 0 Å². The Labute approximate surface area is 184 Å². The second kappa shape index (κ2) is 10.5. The monoisotopic (exact) mass is 455 g/mol. The second-order valence-corrected chi connectivity index (χ2v) is 7.38. The highest BCUT2D eigenvalue weighted by atomic mass is 35.5. The summed E-state index contributed by atoms with van der Waals surface area (Å²) >= 11 is 11.8. The molecule has 2 amide bonds. The lowest BCUT2D eigenvalue weighted by atomic mass is 10.3. The highest BCUT2D eigenvalue weighted by Gasteiger charge is 2.18. The highest BCUT2D eigenvalue weighted by molar-refractivity contribution is 6.42. The lowest BCUT2D eigenvalue weighted by Crippen LogP contribution is -2.37. The minimum Gasteiger partial charge on any atom is -0.461 e. The molecule has 0 saturated carbocycles. The number of hydrogen-bond acceptors (Lipinski definition) is 8. The third-order valence-electron chi connectivity index (χ3n) is 4.08. The number of anilines is 3. The molecule has 30 heavy (non-hydrogen) atoms. The number of carbonyl (C=O) groups excluding carboxylic acids is 1. The number of morpholine rings is 1. The molecule has 0 unspecified atom stereocenters. The van der Waals surface area contributed by atoms with Gasteiger partial charge in [-0.2, -0.15) is 15.0 Å². The minimum atomic E-state index is -0.393. The molecule has 3 rings (SSSR count). The Morgan fingerprint density at radius 3 is 2.67 bits per heavy atom. The molecule has 1 aromatic heterocycles. The standard InChI is InChI=1S/C18H23Cl2N7O3/c1-26(2)15-23-16(27-6-9-29-10-7-27)25-18(24-15)30-8-5-21-17(28)22-12-3-4-13(19)14(20)11-12/h3-4,11H,5-10H2,1-2H3,(H2,21,22,28). The van der Waals surface area contributed by atoms with E-state index in [-0.39, 0.29) is 19.2 Å². The molecule has 2 N–H and O–H groups in total. The lowest BCUT2D eigenvalue weighted by molar-refractivity contribution is 0.122. The molecule has 1 aliphatic rings. The van der Waals surface area contributed by atoms with Crippen LogP contribution in [0, 0.1) is 0 Å². The van der Waals surface area contributed by atoms with Gasteiger partial charge in [-0.25, -0.2) is 4.79 Å². The fourth-order valence-electron chi connectivity index (χ4n) is 2.56. The van der Waals surface area contributed by atoms with Gasteiger partial charge in [0.05, 0.1) is 29.8 Å². The van der Waals surface area contributed by atoms with Gasteiger partial charge in [0, 0.05) is 32.9 Å². The van der Waals surface area contributed by atoms with Gasteiger partial charge in [0.2, 0.25) is 11.9 Å². The summed E-state index contributed by atoms with van der Waals surface area (Å²) in [6.45, 7) is 3.09. The number of halogens is 2. The first-order valence-corrected chi connectivity index (χ1v) is 10.1. The smallest absolute Gasteiger partial charge is 0.323 e. The number of amides is 2. The van der Waals surface area contributed by atoms with Crippen LogP contribution in [0.4, 0.5) is 22.4 Å². The quantitative estimate of drug-likeness (QED) is 0.612. The Balaban J connectivity index is 1.52. The SMILES string of the molecule is CN(C)c1nc(OCCNC(=O)Nc2ccc(Cl)c(Cl)c2)nc(N2CCOCC2)n1. The third kappa shape index (κ3) is 6.22. The van der Waals surface area contributed by atoms with Gasteiger partial charge < -0.3 is 29.9 Å². The summed E-state index contributed by atoms with van der Waals surface area (Å²) in [6, 6.07) is 4.64. The summed E-state index contributed by atoms with van der Waals surface area (Å²) in [5.41, 5.74) is 0.533.